The topological polar surface area (TPSA) is 181 Å². The summed E-state index contributed by atoms with van der Waals surface area (Å²) in [5.74, 6) is -1.68. The van der Waals surface area contributed by atoms with Crippen molar-refractivity contribution in [2.75, 3.05) is 0 Å². The van der Waals surface area contributed by atoms with Crippen molar-refractivity contribution in [1.29, 1.82) is 10.5 Å². The lowest BCUT2D eigenvalue weighted by atomic mass is 10.0. The maximum atomic E-state index is 14.7. The summed E-state index contributed by atoms with van der Waals surface area (Å²) >= 11 is 6.34. The van der Waals surface area contributed by atoms with Gasteiger partial charge in [0.1, 0.15) is 51.9 Å². The van der Waals surface area contributed by atoms with Crippen LogP contribution in [0.3, 0.4) is 0 Å². The molecule has 0 saturated carbocycles. The highest BCUT2D eigenvalue weighted by Gasteiger charge is 2.20. The van der Waals surface area contributed by atoms with E-state index in [0.29, 0.717) is 33.9 Å². The largest absolute Gasteiger partial charge is 0.569 e. The van der Waals surface area contributed by atoms with Crippen molar-refractivity contribution in [2.24, 2.45) is 0 Å². The predicted octanol–water partition coefficient (Wildman–Crippen LogP) is 16.5. The third kappa shape index (κ3) is 11.2. The van der Waals surface area contributed by atoms with E-state index >= 15 is 0 Å². The number of halogens is 3. The molecule has 1 radical (unpaired) electrons. The van der Waals surface area contributed by atoms with Gasteiger partial charge >= 0.3 is 7.69 Å². The van der Waals surface area contributed by atoms with Gasteiger partial charge in [0.2, 0.25) is 5.28 Å². The van der Waals surface area contributed by atoms with Crippen LogP contribution in [-0.2, 0) is 0 Å². The molecule has 0 fully saturated rings. The van der Waals surface area contributed by atoms with Gasteiger partial charge in [-0.3, -0.25) is 0 Å². The average molecular weight is 1120 g/mol. The first-order valence-corrected chi connectivity index (χ1v) is 25.9. The molecule has 0 amide bonds. The molecule has 0 aliphatic rings. The molecule has 14 rings (SSSR count). The smallest absolute Gasteiger partial charge is 0.537 e. The zero-order chi connectivity index (χ0) is 62.7. The number of nitrogens with zero attached hydrogens (tertiary/aromatic N) is 8. The first kappa shape index (κ1) is 46.5. The molecule has 0 saturated heterocycles. The molecule has 84 heavy (non-hydrogen) atoms. The minimum Gasteiger partial charge on any atom is -0.537 e. The van der Waals surface area contributed by atoms with Crippen LogP contribution >= 0.6 is 11.6 Å². The molecule has 1 N–H and O–H groups in total. The minimum atomic E-state index is -1.24. The van der Waals surface area contributed by atoms with E-state index in [2.05, 4.69) is 48.9 Å². The van der Waals surface area contributed by atoms with Crippen molar-refractivity contribution in [2.45, 2.75) is 0 Å². The van der Waals surface area contributed by atoms with Gasteiger partial charge in [0.15, 0.2) is 29.1 Å². The van der Waals surface area contributed by atoms with Crippen molar-refractivity contribution in [3.05, 3.63) is 258 Å². The monoisotopic (exact) mass is 1120 g/mol. The molecule has 4 heterocycles. The van der Waals surface area contributed by atoms with Crippen molar-refractivity contribution >= 4 is 63.2 Å². The van der Waals surface area contributed by atoms with Gasteiger partial charge in [-0.15, -0.1) is 0 Å². The summed E-state index contributed by atoms with van der Waals surface area (Å²) in [7, 11) is 0.198. The quantitative estimate of drug-likeness (QED) is 0.135. The molecule has 0 bridgehead atoms. The summed E-state index contributed by atoms with van der Waals surface area (Å²) in [6.07, 6.45) is 0. The van der Waals surface area contributed by atoms with Crippen LogP contribution in [0.25, 0.3) is 123 Å². The van der Waals surface area contributed by atoms with Gasteiger partial charge in [0.25, 0.3) is 0 Å². The Morgan fingerprint density at radius 3 is 1.38 bits per heavy atom. The second kappa shape index (κ2) is 23.9. The zero-order valence-corrected chi connectivity index (χ0v) is 44.2. The third-order valence-corrected chi connectivity index (χ3v) is 13.3. The molecule has 10 aromatic carbocycles. The van der Waals surface area contributed by atoms with Crippen molar-refractivity contribution in [1.82, 2.24) is 29.9 Å². The molecule has 399 valence electrons. The van der Waals surface area contributed by atoms with Crippen molar-refractivity contribution in [3.63, 3.8) is 0 Å². The first-order chi connectivity index (χ1) is 43.7. The fourth-order valence-corrected chi connectivity index (χ4v) is 9.42. The van der Waals surface area contributed by atoms with E-state index in [-0.39, 0.29) is 36.0 Å². The molecule has 16 heteroatoms. The van der Waals surface area contributed by atoms with Crippen molar-refractivity contribution in [3.8, 4) is 97.1 Å². The second-order valence-electron chi connectivity index (χ2n) is 18.3. The van der Waals surface area contributed by atoms with E-state index in [1.165, 1.54) is 6.07 Å². The van der Waals surface area contributed by atoms with Gasteiger partial charge in [-0.05, 0) is 107 Å². The molecular formula is C68H39BClF2N8O4. The lowest BCUT2D eigenvalue weighted by Gasteiger charge is -2.10. The Morgan fingerprint density at radius 2 is 0.845 bits per heavy atom. The van der Waals surface area contributed by atoms with Gasteiger partial charge in [0.05, 0.1) is 30.5 Å². The molecule has 0 spiro atoms. The second-order valence-corrected chi connectivity index (χ2v) is 18.6. The Kier molecular flexibility index (Phi) is 13.2. The summed E-state index contributed by atoms with van der Waals surface area (Å²) in [5.41, 5.74) is 8.17. The summed E-state index contributed by atoms with van der Waals surface area (Å²) in [5, 5.41) is 30.4. The number of para-hydroxylation sites is 4. The Balaban J connectivity index is 0.000000146. The SMILES string of the molecule is Clc1nc(-c2cccc(-c3ccccc3)c2)nc(-c2cccc3c2oc2ccccc23)n1.[2H]c1c([2H])c(-c2nc(-c3cccc(-c4ccccc4)c3)nc(-c3cccc4c3oc3ccccc34)n2)c([2H])c(C#N)c1F.[2H]c1c([2H])c(O[B]O)c([2H])c(C#N)c1F. The van der Waals surface area contributed by atoms with Gasteiger partial charge in [0, 0.05) is 38.2 Å². The minimum absolute atomic E-state index is 0.127. The molecule has 0 aliphatic heterocycles. The van der Waals surface area contributed by atoms with Crippen LogP contribution < -0.4 is 4.65 Å². The lowest BCUT2D eigenvalue weighted by molar-refractivity contribution is 0.452. The van der Waals surface area contributed by atoms with Crippen LogP contribution in [-0.4, -0.2) is 42.6 Å². The van der Waals surface area contributed by atoms with Gasteiger partial charge in [-0.2, -0.15) is 20.5 Å². The molecule has 0 atom stereocenters. The Morgan fingerprint density at radius 1 is 0.440 bits per heavy atom. The standard InChI is InChI=1S/C34H19FN4O.C27H16ClN3O.C7H4BFNO2/c35-29-17-16-24(19-25(29)20-36)33-37-32(23-11-6-10-22(18-23)21-8-2-1-3-9-21)38-34(39-33)28-14-7-13-27-26-12-4-5-15-30(26)40-31(27)28;28-27-30-25(19-11-6-10-18(16-19)17-8-2-1-3-9-17)29-26(31-27)22-14-7-13-21-20-12-4-5-15-23(20)32-24(21)22;9-7-2-1-6(12-8-11)3-5(7)4-10/h1-19H;1-16H;1-3,11H/i16D,17D,19D;;1D,2D,3D. The first-order valence-electron chi connectivity index (χ1n) is 28.6. The molecule has 12 nitrogen and oxygen atoms in total. The Hall–Kier alpha value is -11.2. The highest BCUT2D eigenvalue weighted by Crippen LogP contribution is 2.38. The number of aromatic nitrogens is 6. The predicted molar refractivity (Wildman–Crippen MR) is 322 cm³/mol. The summed E-state index contributed by atoms with van der Waals surface area (Å²) < 4.78 is 91.5. The molecular weight excluding hydrogens is 1080 g/mol. The van der Waals surface area contributed by atoms with E-state index < -0.39 is 64.8 Å². The van der Waals surface area contributed by atoms with Crippen LogP contribution in [0.4, 0.5) is 8.78 Å². The highest BCUT2D eigenvalue weighted by molar-refractivity contribution is 6.28. The third-order valence-electron chi connectivity index (χ3n) is 13.1. The van der Waals surface area contributed by atoms with Crippen LogP contribution in [0.5, 0.6) is 5.75 Å². The van der Waals surface area contributed by atoms with Crippen LogP contribution in [0.15, 0.2) is 239 Å². The normalized spacial score (nSPS) is 11.8. The van der Waals surface area contributed by atoms with E-state index in [9.17, 15) is 14.0 Å². The van der Waals surface area contributed by atoms with Gasteiger partial charge in [-0.1, -0.05) is 158 Å². The zero-order valence-electron chi connectivity index (χ0n) is 49.4. The van der Waals surface area contributed by atoms with Gasteiger partial charge in [-0.25, -0.2) is 28.7 Å². The highest BCUT2D eigenvalue weighted by atomic mass is 35.5. The van der Waals surface area contributed by atoms with Crippen molar-refractivity contribution < 1.29 is 35.5 Å². The maximum Gasteiger partial charge on any atom is 0.569 e. The number of hydrogen-bond donors (Lipinski definition) is 1. The number of benzene rings is 10. The van der Waals surface area contributed by atoms with Crippen LogP contribution in [0.1, 0.15) is 19.4 Å². The maximum absolute atomic E-state index is 14.7. The number of fused-ring (bicyclic) bond motifs is 6. The van der Waals surface area contributed by atoms with Crippen LogP contribution in [0, 0.1) is 34.3 Å². The Bertz CT molecular complexity index is 5230. The van der Waals surface area contributed by atoms with E-state index in [0.717, 1.165) is 66.1 Å². The van der Waals surface area contributed by atoms with Gasteiger partial charge < -0.3 is 18.5 Å². The molecule has 0 aliphatic carbocycles. The average Bonchev–Trinajstić information content (AvgIpc) is 1.45. The summed E-state index contributed by atoms with van der Waals surface area (Å²) in [6, 6.07) is 61.7. The summed E-state index contributed by atoms with van der Waals surface area (Å²) in [6.45, 7) is 0. The number of furan rings is 2. The van der Waals surface area contributed by atoms with E-state index in [1.807, 2.05) is 164 Å². The van der Waals surface area contributed by atoms with E-state index in [4.69, 9.17) is 48.9 Å². The molecule has 4 aromatic heterocycles. The fraction of sp³-hybridized carbons (Fsp3) is 0. The summed E-state index contributed by atoms with van der Waals surface area (Å²) in [4.78, 5) is 27.6. The number of rotatable bonds is 9. The Labute approximate surface area is 492 Å². The number of nitriles is 2. The molecule has 14 aromatic rings. The number of hydrogen-bond acceptors (Lipinski definition) is 12. The van der Waals surface area contributed by atoms with E-state index in [1.54, 1.807) is 12.1 Å². The lowest BCUT2D eigenvalue weighted by Crippen LogP contribution is -2.01. The molecule has 0 unspecified atom stereocenters. The fourth-order valence-electron chi connectivity index (χ4n) is 9.26. The van der Waals surface area contributed by atoms with Crippen LogP contribution in [0.2, 0.25) is 5.28 Å².